The molecule has 15 saturated carbocycles. The van der Waals surface area contributed by atoms with Crippen LogP contribution in [0, 0.1) is 0 Å². The second kappa shape index (κ2) is 40.2. The lowest BCUT2D eigenvalue weighted by Crippen LogP contribution is -0.856. The van der Waals surface area contributed by atoms with Gasteiger partial charge in [-0.15, -0.1) is 0 Å². The van der Waals surface area contributed by atoms with Crippen molar-refractivity contribution < 1.29 is 0 Å². The molecule has 15 aliphatic carbocycles. The molecule has 0 heterocycles. The molecule has 15 aliphatic rings. The van der Waals surface area contributed by atoms with Gasteiger partial charge in [-0.1, -0.05) is 289 Å². The van der Waals surface area contributed by atoms with E-state index in [0.717, 1.165) is 0 Å². The predicted molar refractivity (Wildman–Crippen MR) is 208 cm³/mol. The van der Waals surface area contributed by atoms with Gasteiger partial charge >= 0.3 is 0 Å². The van der Waals surface area contributed by atoms with Crippen molar-refractivity contribution in [1.82, 2.24) is 0 Å². The first-order valence-electron chi connectivity index (χ1n) is 22.5. The van der Waals surface area contributed by atoms with Crippen molar-refractivity contribution >= 4 is 0 Å². The van der Waals surface area contributed by atoms with Crippen molar-refractivity contribution in [3.8, 4) is 0 Å². The van der Waals surface area contributed by atoms with Gasteiger partial charge in [0.2, 0.25) is 0 Å². The van der Waals surface area contributed by atoms with Crippen LogP contribution in [0.3, 0.4) is 0 Å². The zero-order valence-electron chi connectivity index (χ0n) is 31.8. The summed E-state index contributed by atoms with van der Waals surface area (Å²) in [7, 11) is 0. The van der Waals surface area contributed by atoms with Gasteiger partial charge in [-0.25, -0.2) is 0 Å². The van der Waals surface area contributed by atoms with Crippen molar-refractivity contribution in [2.45, 2.75) is 289 Å². The molecule has 0 heteroatoms. The van der Waals surface area contributed by atoms with Gasteiger partial charge in [0.1, 0.15) is 0 Å². The number of rotatable bonds is 0. The predicted octanol–water partition coefficient (Wildman–Crippen LogP) is 17.6. The average Bonchev–Trinajstić information content (AvgIpc) is 4.02. The second-order valence-corrected chi connectivity index (χ2v) is 15.9. The van der Waals surface area contributed by atoms with E-state index in [4.69, 9.17) is 0 Å². The van der Waals surface area contributed by atoms with Gasteiger partial charge in [0.05, 0.1) is 0 Å². The van der Waals surface area contributed by atoms with Gasteiger partial charge in [0.25, 0.3) is 0 Å². The minimum Gasteiger partial charge on any atom is -0.0533 e. The van der Waals surface area contributed by atoms with Gasteiger partial charge < -0.3 is 0 Å². The third kappa shape index (κ3) is 345. The zero-order chi connectivity index (χ0) is 31.8. The minimum atomic E-state index is 1.50. The molecule has 15 rings (SSSR count). The summed E-state index contributed by atoms with van der Waals surface area (Å²) >= 11 is 0. The van der Waals surface area contributed by atoms with E-state index >= 15 is 0 Å². The average molecular weight is 631 g/mol. The summed E-state index contributed by atoms with van der Waals surface area (Å²) in [5.41, 5.74) is 0. The van der Waals surface area contributed by atoms with E-state index in [9.17, 15) is 0 Å². The Labute approximate surface area is 288 Å². The fraction of sp³-hybridized carbons (Fsp3) is 1.00. The summed E-state index contributed by atoms with van der Waals surface area (Å²) in [6.07, 6.45) is 67.5. The molecule has 0 aliphatic heterocycles. The molecule has 0 amide bonds. The van der Waals surface area contributed by atoms with E-state index in [0.29, 0.717) is 0 Å². The number of hydrogen-bond acceptors (Lipinski definition) is 0. The summed E-state index contributed by atoms with van der Waals surface area (Å²) in [6.45, 7) is 0. The van der Waals surface area contributed by atoms with Crippen LogP contribution in [-0.4, -0.2) is 0 Å². The smallest absolute Gasteiger partial charge is 0.0533 e. The summed E-state index contributed by atoms with van der Waals surface area (Å²) in [5, 5.41) is 0. The van der Waals surface area contributed by atoms with Crippen molar-refractivity contribution in [1.29, 1.82) is 0 Å². The molecule has 0 bridgehead atoms. The van der Waals surface area contributed by atoms with Crippen LogP contribution in [0.25, 0.3) is 0 Å². The van der Waals surface area contributed by atoms with Crippen molar-refractivity contribution in [2.24, 2.45) is 0 Å². The minimum absolute atomic E-state index is 1.50. The van der Waals surface area contributed by atoms with Crippen LogP contribution < -0.4 is 0 Å². The Morgan fingerprint density at radius 1 is 0.0444 bits per heavy atom. The maximum atomic E-state index is 1.50. The standard InChI is InChI=1S/15C3H6/c15*1-2-3-1/h15*1-3H2. The summed E-state index contributed by atoms with van der Waals surface area (Å²) in [4.78, 5) is 0. The lowest BCUT2D eigenvalue weighted by molar-refractivity contribution is 1.50. The summed E-state index contributed by atoms with van der Waals surface area (Å²) < 4.78 is 0. The molecule has 0 spiro atoms. The van der Waals surface area contributed by atoms with Gasteiger partial charge in [0, 0.05) is 0 Å². The van der Waals surface area contributed by atoms with E-state index in [2.05, 4.69) is 0 Å². The SMILES string of the molecule is C1CC1.C1CC1.C1CC1.C1CC1.C1CC1.C1CC1.C1CC1.C1CC1.C1CC1.C1CC1.C1CC1.C1CC1.C1CC1.C1CC1.C1CC1. The highest BCUT2D eigenvalue weighted by atomic mass is 14.1. The Hall–Kier alpha value is 0. The molecule has 45 heavy (non-hydrogen) atoms. The Bertz CT molecular complexity index is 247. The van der Waals surface area contributed by atoms with E-state index in [1.807, 2.05) is 0 Å². The monoisotopic (exact) mass is 631 g/mol. The molecule has 0 aromatic carbocycles. The molecule has 0 saturated heterocycles. The highest BCUT2D eigenvalue weighted by Gasteiger charge is 1.99. The van der Waals surface area contributed by atoms with Crippen molar-refractivity contribution in [3.63, 3.8) is 0 Å². The lowest BCUT2D eigenvalue weighted by Gasteiger charge is -1.05. The normalized spacial score (nSPS) is 24.0. The van der Waals surface area contributed by atoms with E-state index < -0.39 is 0 Å². The molecule has 15 fully saturated rings. The Kier molecular flexibility index (Phi) is 38.4. The molecule has 0 nitrogen and oxygen atoms in total. The van der Waals surface area contributed by atoms with Gasteiger partial charge in [-0.05, 0) is 0 Å². The molecule has 0 radical (unpaired) electrons. The first-order valence-corrected chi connectivity index (χ1v) is 22.5. The van der Waals surface area contributed by atoms with Crippen LogP contribution in [0.15, 0.2) is 0 Å². The Balaban J connectivity index is 0.000000241. The lowest BCUT2D eigenvalue weighted by atomic mass is 11.0. The Morgan fingerprint density at radius 3 is 0.0667 bits per heavy atom. The maximum absolute atomic E-state index is 1.50. The van der Waals surface area contributed by atoms with Crippen LogP contribution in [0.4, 0.5) is 0 Å². The van der Waals surface area contributed by atoms with E-state index in [-0.39, 0.29) is 0 Å². The summed E-state index contributed by atoms with van der Waals surface area (Å²) in [6, 6.07) is 0. The maximum Gasteiger partial charge on any atom is -0.0533 e. The third-order valence-electron chi connectivity index (χ3n) is 5.30. The van der Waals surface area contributed by atoms with Crippen LogP contribution in [-0.2, 0) is 0 Å². The van der Waals surface area contributed by atoms with Crippen LogP contribution in [0.2, 0.25) is 0 Å². The molecule has 0 atom stereocenters. The van der Waals surface area contributed by atoms with Crippen LogP contribution in [0.5, 0.6) is 0 Å². The molecule has 0 unspecified atom stereocenters. The highest BCUT2D eigenvalue weighted by molar-refractivity contribution is 4.55. The zero-order valence-corrected chi connectivity index (χ0v) is 31.8. The topological polar surface area (TPSA) is 0 Å². The van der Waals surface area contributed by atoms with Crippen LogP contribution in [0.1, 0.15) is 289 Å². The molecular formula is C45H90. The molecule has 0 aromatic rings. The molecule has 270 valence electrons. The Morgan fingerprint density at radius 2 is 0.0667 bits per heavy atom. The summed E-state index contributed by atoms with van der Waals surface area (Å²) in [5.74, 6) is 0. The third-order valence-corrected chi connectivity index (χ3v) is 5.30. The quantitative estimate of drug-likeness (QED) is 0.250. The number of hydrogen-bond donors (Lipinski definition) is 0. The fourth-order valence-electron chi connectivity index (χ4n) is 0. The first-order chi connectivity index (χ1) is 22.5. The van der Waals surface area contributed by atoms with Gasteiger partial charge in [-0.2, -0.15) is 0 Å². The first kappa shape index (κ1) is 43.0. The second-order valence-electron chi connectivity index (χ2n) is 15.9. The highest BCUT2D eigenvalue weighted by Crippen LogP contribution is 2.19. The molecule has 0 aromatic heterocycles. The van der Waals surface area contributed by atoms with Crippen molar-refractivity contribution in [3.05, 3.63) is 0 Å². The fourth-order valence-corrected chi connectivity index (χ4v) is 0. The van der Waals surface area contributed by atoms with E-state index in [1.165, 1.54) is 289 Å². The van der Waals surface area contributed by atoms with Gasteiger partial charge in [0.15, 0.2) is 0 Å². The van der Waals surface area contributed by atoms with Crippen LogP contribution >= 0.6 is 0 Å². The van der Waals surface area contributed by atoms with Gasteiger partial charge in [-0.3, -0.25) is 0 Å². The van der Waals surface area contributed by atoms with E-state index in [1.54, 1.807) is 0 Å². The molecule has 0 N–H and O–H groups in total. The molecular weight excluding hydrogens is 540 g/mol. The van der Waals surface area contributed by atoms with Crippen molar-refractivity contribution in [2.75, 3.05) is 0 Å². The largest absolute Gasteiger partial charge is 0.0533 e.